The zero-order valence-electron chi connectivity index (χ0n) is 7.01. The van der Waals surface area contributed by atoms with E-state index in [2.05, 4.69) is 4.98 Å². The van der Waals surface area contributed by atoms with Gasteiger partial charge in [-0.05, 0) is 12.1 Å². The van der Waals surface area contributed by atoms with Gasteiger partial charge in [-0.1, -0.05) is 17.7 Å². The monoisotopic (exact) mass is 220 g/mol. The maximum absolute atomic E-state index is 11.7. The normalized spacial score (nSPS) is 10.3. The minimum absolute atomic E-state index is 0.0261. The number of amides is 1. The Bertz CT molecular complexity index is 333. The maximum Gasteiger partial charge on any atom is 0.270 e. The molecule has 0 aromatic carbocycles. The van der Waals surface area contributed by atoms with Crippen LogP contribution in [0.25, 0.3) is 0 Å². The number of halogens is 3. The molecule has 1 rings (SSSR count). The van der Waals surface area contributed by atoms with E-state index in [0.717, 1.165) is 0 Å². The molecule has 0 unspecified atom stereocenters. The molecule has 3 nitrogen and oxygen atoms in total. The average molecular weight is 221 g/mol. The van der Waals surface area contributed by atoms with Gasteiger partial charge in [0.25, 0.3) is 12.3 Å². The van der Waals surface area contributed by atoms with Crippen LogP contribution in [0.4, 0.5) is 8.78 Å². The molecule has 14 heavy (non-hydrogen) atoms. The lowest BCUT2D eigenvalue weighted by Gasteiger charge is -2.03. The minimum Gasteiger partial charge on any atom is -0.345 e. The quantitative estimate of drug-likeness (QED) is 0.789. The SMILES string of the molecule is O=C(NCC(F)F)c1cccc(Cl)n1. The Morgan fingerprint density at radius 3 is 2.86 bits per heavy atom. The van der Waals surface area contributed by atoms with E-state index in [1.54, 1.807) is 0 Å². The summed E-state index contributed by atoms with van der Waals surface area (Å²) in [6.07, 6.45) is -2.57. The van der Waals surface area contributed by atoms with Crippen molar-refractivity contribution in [3.05, 3.63) is 29.0 Å². The van der Waals surface area contributed by atoms with Crippen molar-refractivity contribution in [1.82, 2.24) is 10.3 Å². The number of hydrogen-bond donors (Lipinski definition) is 1. The number of alkyl halides is 2. The smallest absolute Gasteiger partial charge is 0.270 e. The van der Waals surface area contributed by atoms with Crippen molar-refractivity contribution >= 4 is 17.5 Å². The lowest BCUT2D eigenvalue weighted by molar-refractivity contribution is 0.0887. The molecule has 0 saturated carbocycles. The first-order valence-electron chi connectivity index (χ1n) is 3.78. The first-order chi connectivity index (χ1) is 6.59. The number of rotatable bonds is 3. The Kier molecular flexibility index (Phi) is 3.76. The van der Waals surface area contributed by atoms with Crippen molar-refractivity contribution in [2.75, 3.05) is 6.54 Å². The van der Waals surface area contributed by atoms with Crippen LogP contribution in [0.15, 0.2) is 18.2 Å². The number of nitrogens with one attached hydrogen (secondary N) is 1. The molecule has 0 aliphatic carbocycles. The molecule has 0 saturated heterocycles. The molecule has 1 N–H and O–H groups in total. The zero-order chi connectivity index (χ0) is 10.6. The second-order valence-corrected chi connectivity index (χ2v) is 2.83. The molecule has 1 amide bonds. The predicted octanol–water partition coefficient (Wildman–Crippen LogP) is 1.73. The highest BCUT2D eigenvalue weighted by Crippen LogP contribution is 2.04. The molecule has 0 aliphatic rings. The van der Waals surface area contributed by atoms with E-state index < -0.39 is 18.9 Å². The van der Waals surface area contributed by atoms with E-state index in [9.17, 15) is 13.6 Å². The van der Waals surface area contributed by atoms with Crippen LogP contribution < -0.4 is 5.32 Å². The highest BCUT2D eigenvalue weighted by atomic mass is 35.5. The highest BCUT2D eigenvalue weighted by Gasteiger charge is 2.09. The summed E-state index contributed by atoms with van der Waals surface area (Å²) >= 11 is 5.51. The largest absolute Gasteiger partial charge is 0.345 e. The van der Waals surface area contributed by atoms with E-state index >= 15 is 0 Å². The third-order valence-electron chi connectivity index (χ3n) is 1.36. The van der Waals surface area contributed by atoms with Crippen molar-refractivity contribution in [1.29, 1.82) is 0 Å². The third kappa shape index (κ3) is 3.26. The number of nitrogens with zero attached hydrogens (tertiary/aromatic N) is 1. The van der Waals surface area contributed by atoms with Crippen LogP contribution in [0, 0.1) is 0 Å². The van der Waals surface area contributed by atoms with Crippen LogP contribution in [0.3, 0.4) is 0 Å². The number of aromatic nitrogens is 1. The van der Waals surface area contributed by atoms with Crippen LogP contribution in [0.2, 0.25) is 5.15 Å². The fraction of sp³-hybridized carbons (Fsp3) is 0.250. The molecular weight excluding hydrogens is 214 g/mol. The van der Waals surface area contributed by atoms with Crippen LogP contribution >= 0.6 is 11.6 Å². The van der Waals surface area contributed by atoms with Gasteiger partial charge in [0.1, 0.15) is 10.8 Å². The van der Waals surface area contributed by atoms with Crippen LogP contribution in [-0.2, 0) is 0 Å². The molecule has 0 atom stereocenters. The molecule has 0 radical (unpaired) electrons. The summed E-state index contributed by atoms with van der Waals surface area (Å²) in [6.45, 7) is -0.687. The molecule has 0 aliphatic heterocycles. The number of pyridine rings is 1. The van der Waals surface area contributed by atoms with E-state index in [1.165, 1.54) is 18.2 Å². The zero-order valence-corrected chi connectivity index (χ0v) is 7.76. The maximum atomic E-state index is 11.7. The Hall–Kier alpha value is -1.23. The van der Waals surface area contributed by atoms with E-state index in [4.69, 9.17) is 11.6 Å². The van der Waals surface area contributed by atoms with E-state index in [0.29, 0.717) is 0 Å². The van der Waals surface area contributed by atoms with Crippen LogP contribution in [0.5, 0.6) is 0 Å². The predicted molar refractivity (Wildman–Crippen MR) is 47.6 cm³/mol. The lowest BCUT2D eigenvalue weighted by atomic mass is 10.3. The highest BCUT2D eigenvalue weighted by molar-refractivity contribution is 6.29. The Morgan fingerprint density at radius 2 is 2.29 bits per heavy atom. The van der Waals surface area contributed by atoms with Crippen LogP contribution in [-0.4, -0.2) is 23.9 Å². The molecule has 1 aromatic rings. The third-order valence-corrected chi connectivity index (χ3v) is 1.58. The Balaban J connectivity index is 2.61. The second-order valence-electron chi connectivity index (χ2n) is 2.45. The standard InChI is InChI=1S/C8H7ClF2N2O/c9-6-3-1-2-5(13-6)8(14)12-4-7(10)11/h1-3,7H,4H2,(H,12,14). The van der Waals surface area contributed by atoms with Gasteiger partial charge in [-0.2, -0.15) is 0 Å². The fourth-order valence-corrected chi connectivity index (χ4v) is 0.959. The first-order valence-corrected chi connectivity index (χ1v) is 4.16. The number of carbonyl (C=O) groups excluding carboxylic acids is 1. The summed E-state index contributed by atoms with van der Waals surface area (Å²) in [5.74, 6) is -0.659. The summed E-state index contributed by atoms with van der Waals surface area (Å²) in [4.78, 5) is 14.8. The molecule has 0 bridgehead atoms. The van der Waals surface area contributed by atoms with Gasteiger partial charge in [0.2, 0.25) is 0 Å². The van der Waals surface area contributed by atoms with E-state index in [1.807, 2.05) is 5.32 Å². The summed E-state index contributed by atoms with van der Waals surface area (Å²) in [5, 5.41) is 2.16. The summed E-state index contributed by atoms with van der Waals surface area (Å²) in [6, 6.07) is 4.41. The Labute approximate surface area is 84.1 Å². The van der Waals surface area contributed by atoms with Gasteiger partial charge in [0, 0.05) is 0 Å². The van der Waals surface area contributed by atoms with Crippen molar-refractivity contribution in [2.45, 2.75) is 6.43 Å². The van der Waals surface area contributed by atoms with Crippen molar-refractivity contribution in [3.8, 4) is 0 Å². The van der Waals surface area contributed by atoms with Crippen molar-refractivity contribution < 1.29 is 13.6 Å². The Morgan fingerprint density at radius 1 is 1.57 bits per heavy atom. The molecular formula is C8H7ClF2N2O. The molecule has 6 heteroatoms. The van der Waals surface area contributed by atoms with Gasteiger partial charge in [-0.3, -0.25) is 4.79 Å². The number of hydrogen-bond acceptors (Lipinski definition) is 2. The van der Waals surface area contributed by atoms with Gasteiger partial charge in [0.05, 0.1) is 6.54 Å². The second kappa shape index (κ2) is 4.85. The molecule has 0 fully saturated rings. The summed E-state index contributed by atoms with van der Waals surface area (Å²) in [7, 11) is 0. The molecule has 76 valence electrons. The van der Waals surface area contributed by atoms with Gasteiger partial charge in [-0.25, -0.2) is 13.8 Å². The van der Waals surface area contributed by atoms with Gasteiger partial charge in [0.15, 0.2) is 0 Å². The van der Waals surface area contributed by atoms with Gasteiger partial charge < -0.3 is 5.32 Å². The van der Waals surface area contributed by atoms with Crippen molar-refractivity contribution in [3.63, 3.8) is 0 Å². The summed E-state index contributed by atoms with van der Waals surface area (Å²) < 4.78 is 23.5. The lowest BCUT2D eigenvalue weighted by Crippen LogP contribution is -2.29. The molecule has 0 spiro atoms. The average Bonchev–Trinajstić information content (AvgIpc) is 2.14. The van der Waals surface area contributed by atoms with Gasteiger partial charge in [-0.15, -0.1) is 0 Å². The van der Waals surface area contributed by atoms with Gasteiger partial charge >= 0.3 is 0 Å². The topological polar surface area (TPSA) is 42.0 Å². The van der Waals surface area contributed by atoms with E-state index in [-0.39, 0.29) is 10.8 Å². The first kappa shape index (κ1) is 10.8. The molecule has 1 heterocycles. The summed E-state index contributed by atoms with van der Waals surface area (Å²) in [5.41, 5.74) is 0.0261. The fourth-order valence-electron chi connectivity index (χ4n) is 0.795. The van der Waals surface area contributed by atoms with Crippen molar-refractivity contribution in [2.24, 2.45) is 0 Å². The number of carbonyl (C=O) groups is 1. The minimum atomic E-state index is -2.57. The van der Waals surface area contributed by atoms with Crippen LogP contribution in [0.1, 0.15) is 10.5 Å². The molecule has 1 aromatic heterocycles.